The maximum absolute atomic E-state index is 10.1. The third kappa shape index (κ3) is 3.91. The molecule has 0 saturated carbocycles. The summed E-state index contributed by atoms with van der Waals surface area (Å²) < 4.78 is 16.3. The van der Waals surface area contributed by atoms with Crippen molar-refractivity contribution in [1.82, 2.24) is 0 Å². The van der Waals surface area contributed by atoms with Gasteiger partial charge in [-0.1, -0.05) is 0 Å². The second-order valence-corrected chi connectivity index (χ2v) is 5.65. The van der Waals surface area contributed by atoms with Gasteiger partial charge < -0.3 is 39.7 Å². The van der Waals surface area contributed by atoms with Crippen LogP contribution in [0.3, 0.4) is 0 Å². The molecule has 8 heteroatoms. The lowest BCUT2D eigenvalue weighted by molar-refractivity contribution is -0.307. The molecule has 0 aromatic carbocycles. The number of ether oxygens (including phenoxy) is 3. The molecule has 124 valence electrons. The first-order valence-electron chi connectivity index (χ1n) is 7.18. The molecule has 2 aliphatic heterocycles. The van der Waals surface area contributed by atoms with Crippen LogP contribution in [0.4, 0.5) is 0 Å². The van der Waals surface area contributed by atoms with E-state index in [1.165, 1.54) is 0 Å². The molecule has 0 spiro atoms. The molecule has 0 bridgehead atoms. The fourth-order valence-electron chi connectivity index (χ4n) is 2.71. The summed E-state index contributed by atoms with van der Waals surface area (Å²) in [6.45, 7) is 1.16. The lowest BCUT2D eigenvalue weighted by atomic mass is 9.98. The van der Waals surface area contributed by atoms with Gasteiger partial charge in [0.25, 0.3) is 0 Å². The number of rotatable bonds is 4. The van der Waals surface area contributed by atoms with E-state index in [1.807, 2.05) is 0 Å². The zero-order valence-corrected chi connectivity index (χ0v) is 11.9. The summed E-state index contributed by atoms with van der Waals surface area (Å²) in [4.78, 5) is 0. The first-order chi connectivity index (χ1) is 9.96. The van der Waals surface area contributed by atoms with E-state index in [0.717, 1.165) is 0 Å². The standard InChI is InChI=1S/C13H24O8/c1-6-11(17)10(3-8(5-15)19-6)21-13-12(18)9(16)2-7(4-14)20-13/h6-18H,2-5H2,1H3/t6-,7?,8?,9?,10?,11?,12?,13-/m1/s1. The third-order valence-corrected chi connectivity index (χ3v) is 3.98. The quantitative estimate of drug-likeness (QED) is 0.393. The normalized spacial score (nSPS) is 48.3. The van der Waals surface area contributed by atoms with Crippen molar-refractivity contribution in [2.75, 3.05) is 13.2 Å². The molecule has 2 rings (SSSR count). The van der Waals surface area contributed by atoms with Crippen LogP contribution in [0.5, 0.6) is 0 Å². The maximum Gasteiger partial charge on any atom is 0.186 e. The van der Waals surface area contributed by atoms with E-state index in [-0.39, 0.29) is 26.1 Å². The van der Waals surface area contributed by atoms with Crippen LogP contribution in [-0.4, -0.2) is 87.8 Å². The summed E-state index contributed by atoms with van der Waals surface area (Å²) in [7, 11) is 0. The van der Waals surface area contributed by atoms with Gasteiger partial charge in [0.2, 0.25) is 0 Å². The Morgan fingerprint density at radius 1 is 0.952 bits per heavy atom. The van der Waals surface area contributed by atoms with Crippen LogP contribution in [-0.2, 0) is 14.2 Å². The molecule has 2 aliphatic rings. The molecule has 8 atom stereocenters. The first-order valence-corrected chi connectivity index (χ1v) is 7.18. The number of aliphatic hydroxyl groups excluding tert-OH is 5. The van der Waals surface area contributed by atoms with Crippen LogP contribution < -0.4 is 0 Å². The minimum atomic E-state index is -1.26. The fraction of sp³-hybridized carbons (Fsp3) is 1.00. The van der Waals surface area contributed by atoms with Gasteiger partial charge in [-0.15, -0.1) is 0 Å². The summed E-state index contributed by atoms with van der Waals surface area (Å²) in [5.74, 6) is 0. The molecule has 21 heavy (non-hydrogen) atoms. The summed E-state index contributed by atoms with van der Waals surface area (Å²) >= 11 is 0. The second-order valence-electron chi connectivity index (χ2n) is 5.65. The zero-order valence-electron chi connectivity index (χ0n) is 11.9. The number of hydrogen-bond donors (Lipinski definition) is 5. The molecule has 0 aromatic heterocycles. The van der Waals surface area contributed by atoms with Gasteiger partial charge in [-0.05, 0) is 6.92 Å². The highest BCUT2D eigenvalue weighted by Crippen LogP contribution is 2.28. The summed E-state index contributed by atoms with van der Waals surface area (Å²) in [6.07, 6.45) is -6.36. The molecule has 0 aromatic rings. The van der Waals surface area contributed by atoms with E-state index in [0.29, 0.717) is 0 Å². The third-order valence-electron chi connectivity index (χ3n) is 3.98. The minimum Gasteiger partial charge on any atom is -0.394 e. The van der Waals surface area contributed by atoms with Gasteiger partial charge in [0, 0.05) is 12.8 Å². The first kappa shape index (κ1) is 17.0. The van der Waals surface area contributed by atoms with Gasteiger partial charge in [0.05, 0.1) is 43.7 Å². The Labute approximate surface area is 122 Å². The van der Waals surface area contributed by atoms with Gasteiger partial charge in [0.15, 0.2) is 6.29 Å². The van der Waals surface area contributed by atoms with Crippen molar-refractivity contribution in [3.8, 4) is 0 Å². The van der Waals surface area contributed by atoms with Gasteiger partial charge in [0.1, 0.15) is 12.2 Å². The van der Waals surface area contributed by atoms with Crippen molar-refractivity contribution in [3.05, 3.63) is 0 Å². The van der Waals surface area contributed by atoms with Crippen molar-refractivity contribution < 1.29 is 39.7 Å². The number of hydrogen-bond acceptors (Lipinski definition) is 8. The van der Waals surface area contributed by atoms with Gasteiger partial charge in [-0.25, -0.2) is 0 Å². The average Bonchev–Trinajstić information content (AvgIpc) is 2.47. The smallest absolute Gasteiger partial charge is 0.186 e. The molecule has 0 aliphatic carbocycles. The average molecular weight is 308 g/mol. The van der Waals surface area contributed by atoms with E-state index >= 15 is 0 Å². The molecule has 8 nitrogen and oxygen atoms in total. The molecular formula is C13H24O8. The van der Waals surface area contributed by atoms with Crippen molar-refractivity contribution in [2.45, 2.75) is 68.8 Å². The van der Waals surface area contributed by atoms with Crippen LogP contribution in [0.25, 0.3) is 0 Å². The van der Waals surface area contributed by atoms with Crippen LogP contribution >= 0.6 is 0 Å². The topological polar surface area (TPSA) is 129 Å². The van der Waals surface area contributed by atoms with Crippen molar-refractivity contribution >= 4 is 0 Å². The van der Waals surface area contributed by atoms with E-state index in [1.54, 1.807) is 6.92 Å². The Morgan fingerprint density at radius 3 is 2.19 bits per heavy atom. The van der Waals surface area contributed by atoms with Crippen molar-refractivity contribution in [3.63, 3.8) is 0 Å². The molecule has 6 unspecified atom stereocenters. The Morgan fingerprint density at radius 2 is 1.57 bits per heavy atom. The van der Waals surface area contributed by atoms with Crippen LogP contribution in [0.15, 0.2) is 0 Å². The van der Waals surface area contributed by atoms with Crippen molar-refractivity contribution in [2.24, 2.45) is 0 Å². The van der Waals surface area contributed by atoms with E-state index < -0.39 is 49.0 Å². The maximum atomic E-state index is 10.1. The second kappa shape index (κ2) is 7.30. The molecule has 5 N–H and O–H groups in total. The highest BCUT2D eigenvalue weighted by atomic mass is 16.7. The van der Waals surface area contributed by atoms with Gasteiger partial charge in [-0.2, -0.15) is 0 Å². The van der Waals surface area contributed by atoms with Gasteiger partial charge in [-0.3, -0.25) is 0 Å². The molecule has 2 fully saturated rings. The highest BCUT2D eigenvalue weighted by Gasteiger charge is 2.42. The summed E-state index contributed by atoms with van der Waals surface area (Å²) in [5, 5.41) is 48.0. The zero-order chi connectivity index (χ0) is 15.6. The lowest BCUT2D eigenvalue weighted by Crippen LogP contribution is -2.55. The Hall–Kier alpha value is -0.320. The SMILES string of the molecule is C[C@H]1OC(CO)CC(O[C@H]2OC(CO)CC(O)C2O)C1O. The monoisotopic (exact) mass is 308 g/mol. The summed E-state index contributed by atoms with van der Waals surface area (Å²) in [6, 6.07) is 0. The highest BCUT2D eigenvalue weighted by molar-refractivity contribution is 4.87. The lowest BCUT2D eigenvalue weighted by Gasteiger charge is -2.42. The van der Waals surface area contributed by atoms with Crippen LogP contribution in [0.1, 0.15) is 19.8 Å². The predicted octanol–water partition coefficient (Wildman–Crippen LogP) is -2.27. The molecule has 0 radical (unpaired) electrons. The Balaban J connectivity index is 2.00. The predicted molar refractivity (Wildman–Crippen MR) is 69.3 cm³/mol. The Bertz CT molecular complexity index is 297. The summed E-state index contributed by atoms with van der Waals surface area (Å²) in [5.41, 5.74) is 0. The fourth-order valence-corrected chi connectivity index (χ4v) is 2.71. The molecule has 2 heterocycles. The molecule has 0 amide bonds. The minimum absolute atomic E-state index is 0.115. The van der Waals surface area contributed by atoms with Crippen molar-refractivity contribution in [1.29, 1.82) is 0 Å². The Kier molecular flexibility index (Phi) is 5.92. The number of aliphatic hydroxyl groups is 5. The molecular weight excluding hydrogens is 284 g/mol. The van der Waals surface area contributed by atoms with Gasteiger partial charge >= 0.3 is 0 Å². The molecule has 2 saturated heterocycles. The van der Waals surface area contributed by atoms with Crippen LogP contribution in [0.2, 0.25) is 0 Å². The van der Waals surface area contributed by atoms with E-state index in [9.17, 15) is 20.4 Å². The van der Waals surface area contributed by atoms with E-state index in [4.69, 9.17) is 19.3 Å². The van der Waals surface area contributed by atoms with E-state index in [2.05, 4.69) is 0 Å². The van der Waals surface area contributed by atoms with Crippen LogP contribution in [0, 0.1) is 0 Å². The largest absolute Gasteiger partial charge is 0.394 e.